The van der Waals surface area contributed by atoms with Crippen molar-refractivity contribution < 1.29 is 5.11 Å². The maximum absolute atomic E-state index is 10.7. The van der Waals surface area contributed by atoms with Crippen LogP contribution < -0.4 is 0 Å². The Morgan fingerprint density at radius 2 is 2.00 bits per heavy atom. The first kappa shape index (κ1) is 19.7. The molecule has 0 saturated carbocycles. The number of piperidine rings is 1. The van der Waals surface area contributed by atoms with Crippen LogP contribution in [0.1, 0.15) is 24.6 Å². The maximum atomic E-state index is 10.7. The zero-order valence-electron chi connectivity index (χ0n) is 16.5. The van der Waals surface area contributed by atoms with Crippen LogP contribution in [-0.2, 0) is 6.42 Å². The molecular weight excluding hydrogens is 334 g/mol. The van der Waals surface area contributed by atoms with E-state index in [1.165, 1.54) is 11.1 Å². The lowest BCUT2D eigenvalue weighted by Crippen LogP contribution is -2.53. The molecule has 1 aromatic heterocycles. The minimum Gasteiger partial charge on any atom is -0.390 e. The Morgan fingerprint density at radius 3 is 2.70 bits per heavy atom. The second-order valence-electron chi connectivity index (χ2n) is 7.61. The second-order valence-corrected chi connectivity index (χ2v) is 7.61. The molecule has 0 unspecified atom stereocenters. The molecule has 3 rings (SSSR count). The molecule has 1 aliphatic heterocycles. The van der Waals surface area contributed by atoms with E-state index in [-0.39, 0.29) is 12.1 Å². The number of hydrogen-bond donors (Lipinski definition) is 1. The van der Waals surface area contributed by atoms with Gasteiger partial charge >= 0.3 is 0 Å². The molecule has 2 heterocycles. The maximum Gasteiger partial charge on any atom is 0.0822 e. The molecule has 0 amide bonds. The highest BCUT2D eigenvalue weighted by atomic mass is 16.3. The number of aromatic nitrogens is 1. The van der Waals surface area contributed by atoms with E-state index in [0.717, 1.165) is 44.7 Å². The van der Waals surface area contributed by atoms with Gasteiger partial charge < -0.3 is 10.0 Å². The molecule has 2 atom stereocenters. The zero-order chi connectivity index (χ0) is 19.1. The Labute approximate surface area is 163 Å². The Bertz CT molecular complexity index is 717. The van der Waals surface area contributed by atoms with Crippen LogP contribution in [0, 0.1) is 0 Å². The number of aliphatic hydroxyl groups is 1. The van der Waals surface area contributed by atoms with Crippen molar-refractivity contribution in [2.75, 3.05) is 33.2 Å². The summed E-state index contributed by atoms with van der Waals surface area (Å²) in [4.78, 5) is 9.05. The number of rotatable bonds is 7. The van der Waals surface area contributed by atoms with Gasteiger partial charge in [-0.05, 0) is 38.1 Å². The van der Waals surface area contributed by atoms with E-state index >= 15 is 0 Å². The fourth-order valence-corrected chi connectivity index (χ4v) is 3.88. The average molecular weight is 366 g/mol. The molecule has 0 radical (unpaired) electrons. The molecule has 144 valence electrons. The summed E-state index contributed by atoms with van der Waals surface area (Å²) in [6.45, 7) is 5.76. The fraction of sp³-hybridized carbons (Fsp3) is 0.435. The monoisotopic (exact) mass is 365 g/mol. The molecule has 0 spiro atoms. The highest BCUT2D eigenvalue weighted by molar-refractivity contribution is 5.52. The largest absolute Gasteiger partial charge is 0.390 e. The summed E-state index contributed by atoms with van der Waals surface area (Å²) in [5.41, 5.74) is 3.67. The molecule has 0 aliphatic carbocycles. The second kappa shape index (κ2) is 9.79. The highest BCUT2D eigenvalue weighted by Crippen LogP contribution is 2.18. The molecule has 1 aliphatic rings. The molecule has 1 fully saturated rings. The van der Waals surface area contributed by atoms with Crippen LogP contribution in [-0.4, -0.2) is 65.3 Å². The van der Waals surface area contributed by atoms with Gasteiger partial charge in [0, 0.05) is 50.5 Å². The molecule has 2 aromatic rings. The predicted octanol–water partition coefficient (Wildman–Crippen LogP) is 3.09. The van der Waals surface area contributed by atoms with E-state index in [1.807, 2.05) is 24.4 Å². The smallest absolute Gasteiger partial charge is 0.0822 e. The van der Waals surface area contributed by atoms with E-state index < -0.39 is 0 Å². The van der Waals surface area contributed by atoms with Gasteiger partial charge in [0.15, 0.2) is 0 Å². The third kappa shape index (κ3) is 5.99. The summed E-state index contributed by atoms with van der Waals surface area (Å²) in [5.74, 6) is 0. The lowest BCUT2D eigenvalue weighted by atomic mass is 9.99. The third-order valence-electron chi connectivity index (χ3n) is 5.33. The molecule has 1 aromatic carbocycles. The van der Waals surface area contributed by atoms with Gasteiger partial charge in [-0.3, -0.25) is 9.88 Å². The van der Waals surface area contributed by atoms with Crippen LogP contribution in [0.25, 0.3) is 6.08 Å². The minimum absolute atomic E-state index is 0.225. The molecular formula is C23H31N3O. The molecule has 4 heteroatoms. The fourth-order valence-electron chi connectivity index (χ4n) is 3.88. The Morgan fingerprint density at radius 1 is 1.22 bits per heavy atom. The van der Waals surface area contributed by atoms with Crippen molar-refractivity contribution in [3.8, 4) is 0 Å². The first-order valence-electron chi connectivity index (χ1n) is 9.84. The summed E-state index contributed by atoms with van der Waals surface area (Å²) in [6, 6.07) is 16.7. The number of likely N-dealkylation sites (tertiary alicyclic amines) is 1. The summed E-state index contributed by atoms with van der Waals surface area (Å²) in [5, 5.41) is 10.7. The van der Waals surface area contributed by atoms with Gasteiger partial charge in [0.2, 0.25) is 0 Å². The number of nitrogens with zero attached hydrogens (tertiary/aromatic N) is 3. The summed E-state index contributed by atoms with van der Waals surface area (Å²) in [6.07, 6.45) is 5.68. The van der Waals surface area contributed by atoms with Crippen molar-refractivity contribution in [1.29, 1.82) is 0 Å². The summed E-state index contributed by atoms with van der Waals surface area (Å²) < 4.78 is 0. The Hall–Kier alpha value is -2.01. The van der Waals surface area contributed by atoms with Gasteiger partial charge in [0.1, 0.15) is 0 Å². The van der Waals surface area contributed by atoms with Gasteiger partial charge in [0.25, 0.3) is 0 Å². The first-order chi connectivity index (χ1) is 13.1. The molecule has 27 heavy (non-hydrogen) atoms. The number of pyridine rings is 1. The Kier molecular flexibility index (Phi) is 7.16. The molecule has 0 bridgehead atoms. The van der Waals surface area contributed by atoms with Crippen molar-refractivity contribution in [3.05, 3.63) is 71.6 Å². The van der Waals surface area contributed by atoms with Crippen molar-refractivity contribution in [3.63, 3.8) is 0 Å². The van der Waals surface area contributed by atoms with Gasteiger partial charge in [-0.15, -0.1) is 0 Å². The number of likely N-dealkylation sites (N-methyl/N-ethyl adjacent to an activating group) is 1. The average Bonchev–Trinajstić information content (AvgIpc) is 2.68. The van der Waals surface area contributed by atoms with Crippen LogP contribution in [0.2, 0.25) is 0 Å². The van der Waals surface area contributed by atoms with Gasteiger partial charge in [0.05, 0.1) is 6.10 Å². The normalized spacial score (nSPS) is 21.6. The SMILES string of the molecule is C/C(=C\c1ccccc1)CN1CC[C@@H](N(C)CCc2ccccn2)[C@H](O)C1. The van der Waals surface area contributed by atoms with Gasteiger partial charge in [-0.1, -0.05) is 48.0 Å². The van der Waals surface area contributed by atoms with Crippen LogP contribution in [0.3, 0.4) is 0 Å². The van der Waals surface area contributed by atoms with Crippen LogP contribution >= 0.6 is 0 Å². The van der Waals surface area contributed by atoms with E-state index in [4.69, 9.17) is 0 Å². The molecule has 1 saturated heterocycles. The van der Waals surface area contributed by atoms with Crippen LogP contribution in [0.5, 0.6) is 0 Å². The van der Waals surface area contributed by atoms with Crippen molar-refractivity contribution in [1.82, 2.24) is 14.8 Å². The summed E-state index contributed by atoms with van der Waals surface area (Å²) in [7, 11) is 2.12. The minimum atomic E-state index is -0.308. The van der Waals surface area contributed by atoms with E-state index in [9.17, 15) is 5.11 Å². The van der Waals surface area contributed by atoms with Gasteiger partial charge in [-0.25, -0.2) is 0 Å². The topological polar surface area (TPSA) is 39.6 Å². The van der Waals surface area contributed by atoms with E-state index in [0.29, 0.717) is 0 Å². The zero-order valence-corrected chi connectivity index (χ0v) is 16.5. The number of aliphatic hydroxyl groups excluding tert-OH is 1. The van der Waals surface area contributed by atoms with Crippen molar-refractivity contribution >= 4 is 6.08 Å². The number of benzene rings is 1. The van der Waals surface area contributed by atoms with E-state index in [1.54, 1.807) is 0 Å². The molecule has 1 N–H and O–H groups in total. The lowest BCUT2D eigenvalue weighted by molar-refractivity contribution is -0.000703. The number of β-amino-alcohol motifs (C(OH)–C–C–N with tert-alkyl or cyclic N) is 1. The quantitative estimate of drug-likeness (QED) is 0.818. The Balaban J connectivity index is 1.47. The summed E-state index contributed by atoms with van der Waals surface area (Å²) >= 11 is 0. The molecule has 4 nitrogen and oxygen atoms in total. The highest BCUT2D eigenvalue weighted by Gasteiger charge is 2.30. The van der Waals surface area contributed by atoms with Crippen molar-refractivity contribution in [2.24, 2.45) is 0 Å². The van der Waals surface area contributed by atoms with E-state index in [2.05, 4.69) is 65.2 Å². The van der Waals surface area contributed by atoms with Crippen LogP contribution in [0.15, 0.2) is 60.3 Å². The van der Waals surface area contributed by atoms with Crippen molar-refractivity contribution in [2.45, 2.75) is 31.9 Å². The third-order valence-corrected chi connectivity index (χ3v) is 5.33. The van der Waals surface area contributed by atoms with Gasteiger partial charge in [-0.2, -0.15) is 0 Å². The predicted molar refractivity (Wildman–Crippen MR) is 112 cm³/mol. The lowest BCUT2D eigenvalue weighted by Gasteiger charge is -2.40. The number of hydrogen-bond acceptors (Lipinski definition) is 4. The first-order valence-corrected chi connectivity index (χ1v) is 9.84. The van der Waals surface area contributed by atoms with Crippen LogP contribution in [0.4, 0.5) is 0 Å². The standard InChI is InChI=1S/C23H31N3O/c1-19(16-20-8-4-3-5-9-20)17-26-15-12-22(23(27)18-26)25(2)14-11-21-10-6-7-13-24-21/h3-10,13,16,22-23,27H,11-12,14-15,17-18H2,1-2H3/b19-16+/t22-,23-/m1/s1.